The normalized spacial score (nSPS) is 11.0. The minimum atomic E-state index is -0.796. The largest absolute Gasteiger partial charge is 0.496 e. The van der Waals surface area contributed by atoms with Gasteiger partial charge in [0, 0.05) is 35.0 Å². The van der Waals surface area contributed by atoms with Crippen LogP contribution in [0.1, 0.15) is 17.0 Å². The number of benzene rings is 3. The number of hydrogen-bond donors (Lipinski definition) is 2. The van der Waals surface area contributed by atoms with Gasteiger partial charge in [-0.3, -0.25) is 9.78 Å². The molecule has 188 valence electrons. The lowest BCUT2D eigenvalue weighted by atomic mass is 9.85. The third kappa shape index (κ3) is 6.34. The summed E-state index contributed by atoms with van der Waals surface area (Å²) in [6.45, 7) is 0. The quantitative estimate of drug-likeness (QED) is 0.307. The molecule has 1 atom stereocenters. The average Bonchev–Trinajstić information content (AvgIpc) is 2.90. The number of rotatable bonds is 8. The van der Waals surface area contributed by atoms with Gasteiger partial charge >= 0.3 is 0 Å². The van der Waals surface area contributed by atoms with Crippen LogP contribution in [-0.4, -0.2) is 31.2 Å². The maximum absolute atomic E-state index is 13.3. The molecule has 0 radical (unpaired) electrons. The first-order valence-electron chi connectivity index (χ1n) is 10.9. The summed E-state index contributed by atoms with van der Waals surface area (Å²) in [5, 5.41) is 2.96. The Morgan fingerprint density at radius 3 is 1.92 bits per heavy atom. The maximum atomic E-state index is 13.3. The third-order valence-electron chi connectivity index (χ3n) is 5.74. The van der Waals surface area contributed by atoms with Crippen LogP contribution in [0.5, 0.6) is 11.5 Å². The number of amides is 1. The fourth-order valence-electron chi connectivity index (χ4n) is 4.06. The standard InChI is InChI=1S/C28H27N3O3.2ClH/c1-33-24-17-21(13-14-22(24)23-15-16-30-18-25(23)34-2)31-28(32)27(29)26(19-9-5-3-6-10-19)20-11-7-4-8-12-20;;/h3-18,26-27H,29H2,1-2H3,(H,31,32);2*1H. The van der Waals surface area contributed by atoms with Crippen LogP contribution < -0.4 is 20.5 Å². The van der Waals surface area contributed by atoms with E-state index in [1.807, 2.05) is 78.9 Å². The first-order chi connectivity index (χ1) is 16.6. The second kappa shape index (κ2) is 13.5. The zero-order chi connectivity index (χ0) is 23.9. The van der Waals surface area contributed by atoms with E-state index < -0.39 is 6.04 Å². The third-order valence-corrected chi connectivity index (χ3v) is 5.74. The van der Waals surface area contributed by atoms with Gasteiger partial charge < -0.3 is 20.5 Å². The molecule has 36 heavy (non-hydrogen) atoms. The fraction of sp³-hybridized carbons (Fsp3) is 0.143. The van der Waals surface area contributed by atoms with Gasteiger partial charge in [0.15, 0.2) is 0 Å². The van der Waals surface area contributed by atoms with Gasteiger partial charge in [0.25, 0.3) is 0 Å². The Morgan fingerprint density at radius 1 is 0.806 bits per heavy atom. The van der Waals surface area contributed by atoms with Gasteiger partial charge in [-0.25, -0.2) is 0 Å². The van der Waals surface area contributed by atoms with Crippen molar-refractivity contribution < 1.29 is 14.3 Å². The minimum absolute atomic E-state index is 0. The van der Waals surface area contributed by atoms with Crippen molar-refractivity contribution in [1.82, 2.24) is 4.98 Å². The minimum Gasteiger partial charge on any atom is -0.496 e. The van der Waals surface area contributed by atoms with Crippen LogP contribution in [0, 0.1) is 0 Å². The molecule has 8 heteroatoms. The van der Waals surface area contributed by atoms with Crippen molar-refractivity contribution in [1.29, 1.82) is 0 Å². The zero-order valence-electron chi connectivity index (χ0n) is 20.0. The Bertz CT molecular complexity index is 1220. The number of aromatic nitrogens is 1. The van der Waals surface area contributed by atoms with Crippen molar-refractivity contribution in [2.45, 2.75) is 12.0 Å². The Kier molecular flexibility index (Phi) is 10.7. The van der Waals surface area contributed by atoms with Crippen LogP contribution in [0.2, 0.25) is 0 Å². The van der Waals surface area contributed by atoms with Gasteiger partial charge in [-0.05, 0) is 29.3 Å². The highest BCUT2D eigenvalue weighted by Crippen LogP contribution is 2.37. The summed E-state index contributed by atoms with van der Waals surface area (Å²) in [5.74, 6) is 0.658. The number of methoxy groups -OCH3 is 2. The number of hydrogen-bond acceptors (Lipinski definition) is 5. The van der Waals surface area contributed by atoms with Crippen LogP contribution in [0.25, 0.3) is 11.1 Å². The maximum Gasteiger partial charge on any atom is 0.242 e. The van der Waals surface area contributed by atoms with Crippen molar-refractivity contribution >= 4 is 36.4 Å². The lowest BCUT2D eigenvalue weighted by molar-refractivity contribution is -0.117. The van der Waals surface area contributed by atoms with E-state index in [-0.39, 0.29) is 36.6 Å². The summed E-state index contributed by atoms with van der Waals surface area (Å²) in [4.78, 5) is 17.4. The molecule has 0 saturated carbocycles. The van der Waals surface area contributed by atoms with Crippen LogP contribution in [0.3, 0.4) is 0 Å². The molecule has 4 aromatic rings. The number of nitrogens with one attached hydrogen (secondary N) is 1. The van der Waals surface area contributed by atoms with E-state index in [2.05, 4.69) is 10.3 Å². The van der Waals surface area contributed by atoms with E-state index in [9.17, 15) is 4.79 Å². The second-order valence-corrected chi connectivity index (χ2v) is 7.81. The SMILES string of the molecule is COc1cnccc1-c1ccc(NC(=O)C(N)C(c2ccccc2)c2ccccc2)cc1OC.Cl.Cl. The van der Waals surface area contributed by atoms with Gasteiger partial charge in [-0.1, -0.05) is 60.7 Å². The first kappa shape index (κ1) is 28.7. The van der Waals surface area contributed by atoms with E-state index in [0.717, 1.165) is 22.3 Å². The molecule has 0 aliphatic carbocycles. The average molecular weight is 526 g/mol. The molecule has 0 aliphatic heterocycles. The summed E-state index contributed by atoms with van der Waals surface area (Å²) >= 11 is 0. The van der Waals surface area contributed by atoms with Gasteiger partial charge in [0.2, 0.25) is 5.91 Å². The molecular formula is C28H29Cl2N3O3. The molecule has 3 aromatic carbocycles. The van der Waals surface area contributed by atoms with Crippen molar-refractivity contribution in [3.05, 3.63) is 108 Å². The Hall–Kier alpha value is -3.58. The second-order valence-electron chi connectivity index (χ2n) is 7.81. The molecule has 6 nitrogen and oxygen atoms in total. The van der Waals surface area contributed by atoms with E-state index in [1.165, 1.54) is 0 Å². The van der Waals surface area contributed by atoms with Crippen LogP contribution in [0.15, 0.2) is 97.3 Å². The lowest BCUT2D eigenvalue weighted by Crippen LogP contribution is -2.41. The highest BCUT2D eigenvalue weighted by atomic mass is 35.5. The predicted molar refractivity (Wildman–Crippen MR) is 149 cm³/mol. The lowest BCUT2D eigenvalue weighted by Gasteiger charge is -2.24. The fourth-order valence-corrected chi connectivity index (χ4v) is 4.06. The molecule has 0 spiro atoms. The number of carbonyl (C=O) groups excluding carboxylic acids is 1. The molecule has 0 fully saturated rings. The van der Waals surface area contributed by atoms with Crippen molar-refractivity contribution in [2.75, 3.05) is 19.5 Å². The highest BCUT2D eigenvalue weighted by Gasteiger charge is 2.28. The molecule has 0 aliphatic rings. The number of carbonyl (C=O) groups is 1. The predicted octanol–water partition coefficient (Wildman–Crippen LogP) is 5.71. The van der Waals surface area contributed by atoms with Crippen molar-refractivity contribution in [3.8, 4) is 22.6 Å². The smallest absolute Gasteiger partial charge is 0.242 e. The summed E-state index contributed by atoms with van der Waals surface area (Å²) in [6.07, 6.45) is 3.34. The summed E-state index contributed by atoms with van der Waals surface area (Å²) in [7, 11) is 3.18. The van der Waals surface area contributed by atoms with Crippen LogP contribution >= 0.6 is 24.8 Å². The van der Waals surface area contributed by atoms with E-state index in [1.54, 1.807) is 32.7 Å². The van der Waals surface area contributed by atoms with Crippen LogP contribution in [0.4, 0.5) is 5.69 Å². The molecule has 3 N–H and O–H groups in total. The van der Waals surface area contributed by atoms with Crippen molar-refractivity contribution in [2.24, 2.45) is 5.73 Å². The Labute approximate surface area is 223 Å². The zero-order valence-corrected chi connectivity index (χ0v) is 21.6. The van der Waals surface area contributed by atoms with E-state index in [4.69, 9.17) is 15.2 Å². The van der Waals surface area contributed by atoms with Gasteiger partial charge in [0.05, 0.1) is 26.5 Å². The summed E-state index contributed by atoms with van der Waals surface area (Å²) < 4.78 is 11.0. The topological polar surface area (TPSA) is 86.5 Å². The van der Waals surface area contributed by atoms with E-state index >= 15 is 0 Å². The molecule has 4 rings (SSSR count). The molecule has 1 unspecified atom stereocenters. The molecule has 1 aromatic heterocycles. The number of ether oxygens (including phenoxy) is 2. The molecule has 1 amide bonds. The monoisotopic (exact) mass is 525 g/mol. The first-order valence-corrected chi connectivity index (χ1v) is 10.9. The number of nitrogens with two attached hydrogens (primary N) is 1. The van der Waals surface area contributed by atoms with Crippen LogP contribution in [-0.2, 0) is 4.79 Å². The number of anilines is 1. The molecular weight excluding hydrogens is 497 g/mol. The molecule has 0 bridgehead atoms. The van der Waals surface area contributed by atoms with Gasteiger partial charge in [-0.15, -0.1) is 24.8 Å². The number of halogens is 2. The number of pyridine rings is 1. The van der Waals surface area contributed by atoms with Gasteiger partial charge in [-0.2, -0.15) is 0 Å². The molecule has 0 saturated heterocycles. The number of nitrogens with zero attached hydrogens (tertiary/aromatic N) is 1. The van der Waals surface area contributed by atoms with Crippen molar-refractivity contribution in [3.63, 3.8) is 0 Å². The van der Waals surface area contributed by atoms with Gasteiger partial charge in [0.1, 0.15) is 11.5 Å². The van der Waals surface area contributed by atoms with E-state index in [0.29, 0.717) is 17.2 Å². The Balaban J connectivity index is 0.00000228. The highest BCUT2D eigenvalue weighted by molar-refractivity contribution is 5.96. The Morgan fingerprint density at radius 2 is 1.36 bits per heavy atom. The summed E-state index contributed by atoms with van der Waals surface area (Å²) in [6, 6.07) is 26.2. The summed E-state index contributed by atoms with van der Waals surface area (Å²) in [5.41, 5.74) is 10.8. The molecule has 1 heterocycles.